The van der Waals surface area contributed by atoms with Crippen LogP contribution in [-0.4, -0.2) is 31.6 Å². The van der Waals surface area contributed by atoms with Gasteiger partial charge in [-0.05, 0) is 30.5 Å². The summed E-state index contributed by atoms with van der Waals surface area (Å²) in [5.41, 5.74) is 0.996. The number of rotatable bonds is 5. The predicted molar refractivity (Wildman–Crippen MR) is 68.2 cm³/mol. The first-order valence-electron chi connectivity index (χ1n) is 4.97. The molecule has 90 valence electrons. The molecule has 16 heavy (non-hydrogen) atoms. The Morgan fingerprint density at radius 2 is 2.12 bits per heavy atom. The molecule has 0 amide bonds. The van der Waals surface area contributed by atoms with E-state index < -0.39 is 15.9 Å². The molecule has 0 bridgehead atoms. The number of hydrogen-bond donors (Lipinski definition) is 1. The van der Waals surface area contributed by atoms with Crippen molar-refractivity contribution in [2.24, 2.45) is 0 Å². The number of sulfone groups is 1. The van der Waals surface area contributed by atoms with Crippen molar-refractivity contribution in [2.45, 2.75) is 18.9 Å². The molecule has 0 radical (unpaired) electrons. The largest absolute Gasteiger partial charge is 0.393 e. The van der Waals surface area contributed by atoms with Crippen molar-refractivity contribution in [3.05, 3.63) is 34.3 Å². The van der Waals surface area contributed by atoms with Crippen molar-refractivity contribution in [3.63, 3.8) is 0 Å². The molecule has 1 aromatic carbocycles. The van der Waals surface area contributed by atoms with Crippen molar-refractivity contribution < 1.29 is 13.5 Å². The molecule has 0 aliphatic carbocycles. The van der Waals surface area contributed by atoms with Gasteiger partial charge in [-0.3, -0.25) is 0 Å². The number of aliphatic hydroxyl groups is 1. The Hall–Kier alpha value is -0.390. The lowest BCUT2D eigenvalue weighted by Crippen LogP contribution is -2.16. The highest BCUT2D eigenvalue weighted by atomic mass is 79.9. The Labute approximate surface area is 105 Å². The molecule has 1 aromatic rings. The Kier molecular flexibility index (Phi) is 4.95. The van der Waals surface area contributed by atoms with Crippen LogP contribution in [0.15, 0.2) is 28.7 Å². The second-order valence-corrected chi connectivity index (χ2v) is 7.08. The fourth-order valence-corrected chi connectivity index (χ4v) is 2.54. The maximum atomic E-state index is 10.9. The predicted octanol–water partition coefficient (Wildman–Crippen LogP) is 1.79. The van der Waals surface area contributed by atoms with Gasteiger partial charge in [0.25, 0.3) is 0 Å². The smallest absolute Gasteiger partial charge is 0.147 e. The van der Waals surface area contributed by atoms with Gasteiger partial charge in [-0.2, -0.15) is 0 Å². The zero-order chi connectivity index (χ0) is 12.2. The van der Waals surface area contributed by atoms with Gasteiger partial charge in [-0.1, -0.05) is 28.1 Å². The van der Waals surface area contributed by atoms with Crippen molar-refractivity contribution in [1.29, 1.82) is 0 Å². The monoisotopic (exact) mass is 306 g/mol. The van der Waals surface area contributed by atoms with E-state index in [0.717, 1.165) is 10.0 Å². The van der Waals surface area contributed by atoms with Gasteiger partial charge in [0.05, 0.1) is 11.9 Å². The fraction of sp³-hybridized carbons (Fsp3) is 0.455. The van der Waals surface area contributed by atoms with E-state index in [4.69, 9.17) is 0 Å². The first-order chi connectivity index (χ1) is 7.37. The first-order valence-corrected chi connectivity index (χ1v) is 7.82. The molecule has 0 aromatic heterocycles. The highest BCUT2D eigenvalue weighted by Crippen LogP contribution is 2.14. The van der Waals surface area contributed by atoms with Gasteiger partial charge in [-0.15, -0.1) is 0 Å². The summed E-state index contributed by atoms with van der Waals surface area (Å²) in [6.07, 6.45) is 1.34. The Bertz CT molecular complexity index is 442. The minimum absolute atomic E-state index is 0.0299. The van der Waals surface area contributed by atoms with E-state index in [-0.39, 0.29) is 12.2 Å². The van der Waals surface area contributed by atoms with Gasteiger partial charge >= 0.3 is 0 Å². The quantitative estimate of drug-likeness (QED) is 0.902. The van der Waals surface area contributed by atoms with Crippen LogP contribution in [0, 0.1) is 0 Å². The SMILES string of the molecule is CS(=O)(=O)CCC(O)Cc1cccc(Br)c1. The lowest BCUT2D eigenvalue weighted by molar-refractivity contribution is 0.171. The third-order valence-electron chi connectivity index (χ3n) is 2.18. The minimum Gasteiger partial charge on any atom is -0.393 e. The summed E-state index contributed by atoms with van der Waals surface area (Å²) in [4.78, 5) is 0. The fourth-order valence-electron chi connectivity index (χ4n) is 1.39. The molecule has 0 heterocycles. The maximum absolute atomic E-state index is 10.9. The number of benzene rings is 1. The molecule has 0 saturated heterocycles. The second-order valence-electron chi connectivity index (χ2n) is 3.91. The summed E-state index contributed by atoms with van der Waals surface area (Å²) in [5.74, 6) is 0.0299. The van der Waals surface area contributed by atoms with Crippen LogP contribution in [0.1, 0.15) is 12.0 Å². The van der Waals surface area contributed by atoms with E-state index in [1.807, 2.05) is 24.3 Å². The van der Waals surface area contributed by atoms with Crippen LogP contribution >= 0.6 is 15.9 Å². The number of aliphatic hydroxyl groups excluding tert-OH is 1. The van der Waals surface area contributed by atoms with Gasteiger partial charge in [-0.25, -0.2) is 8.42 Å². The number of hydrogen-bond acceptors (Lipinski definition) is 3. The first kappa shape index (κ1) is 13.7. The van der Waals surface area contributed by atoms with Crippen LogP contribution < -0.4 is 0 Å². The summed E-state index contributed by atoms with van der Waals surface area (Å²) < 4.78 is 22.8. The molecule has 0 fully saturated rings. The average molecular weight is 307 g/mol. The lowest BCUT2D eigenvalue weighted by Gasteiger charge is -2.09. The third-order valence-corrected chi connectivity index (χ3v) is 3.65. The molecule has 1 unspecified atom stereocenters. The van der Waals surface area contributed by atoms with Crippen LogP contribution in [-0.2, 0) is 16.3 Å². The summed E-state index contributed by atoms with van der Waals surface area (Å²) in [6.45, 7) is 0. The topological polar surface area (TPSA) is 54.4 Å². The zero-order valence-electron chi connectivity index (χ0n) is 9.06. The normalized spacial score (nSPS) is 13.7. The summed E-state index contributed by atoms with van der Waals surface area (Å²) in [6, 6.07) is 7.63. The highest BCUT2D eigenvalue weighted by molar-refractivity contribution is 9.10. The van der Waals surface area contributed by atoms with E-state index in [1.54, 1.807) is 0 Å². The minimum atomic E-state index is -2.99. The Balaban J connectivity index is 2.49. The summed E-state index contributed by atoms with van der Waals surface area (Å²) in [5, 5.41) is 9.68. The summed E-state index contributed by atoms with van der Waals surface area (Å²) >= 11 is 3.35. The van der Waals surface area contributed by atoms with Gasteiger partial charge in [0, 0.05) is 10.7 Å². The molecule has 5 heteroatoms. The van der Waals surface area contributed by atoms with E-state index in [0.29, 0.717) is 6.42 Å². The van der Waals surface area contributed by atoms with Gasteiger partial charge in [0.15, 0.2) is 0 Å². The van der Waals surface area contributed by atoms with Crippen LogP contribution in [0.25, 0.3) is 0 Å². The average Bonchev–Trinajstić information content (AvgIpc) is 2.14. The van der Waals surface area contributed by atoms with Crippen LogP contribution in [0.3, 0.4) is 0 Å². The van der Waals surface area contributed by atoms with Crippen LogP contribution in [0.4, 0.5) is 0 Å². The highest BCUT2D eigenvalue weighted by Gasteiger charge is 2.10. The Morgan fingerprint density at radius 1 is 1.44 bits per heavy atom. The molecule has 1 atom stereocenters. The molecule has 0 aliphatic rings. The van der Waals surface area contributed by atoms with E-state index in [1.165, 1.54) is 6.26 Å². The second kappa shape index (κ2) is 5.80. The van der Waals surface area contributed by atoms with Crippen LogP contribution in [0.5, 0.6) is 0 Å². The van der Waals surface area contributed by atoms with E-state index >= 15 is 0 Å². The van der Waals surface area contributed by atoms with Crippen molar-refractivity contribution >= 4 is 25.8 Å². The molecular weight excluding hydrogens is 292 g/mol. The molecule has 0 aliphatic heterocycles. The molecule has 1 N–H and O–H groups in total. The zero-order valence-corrected chi connectivity index (χ0v) is 11.5. The van der Waals surface area contributed by atoms with Crippen molar-refractivity contribution in [3.8, 4) is 0 Å². The number of halogens is 1. The van der Waals surface area contributed by atoms with Gasteiger partial charge in [0.2, 0.25) is 0 Å². The molecule has 3 nitrogen and oxygen atoms in total. The Morgan fingerprint density at radius 3 is 2.69 bits per heavy atom. The van der Waals surface area contributed by atoms with Crippen LogP contribution in [0.2, 0.25) is 0 Å². The van der Waals surface area contributed by atoms with Crippen molar-refractivity contribution in [2.75, 3.05) is 12.0 Å². The molecule has 0 saturated carbocycles. The maximum Gasteiger partial charge on any atom is 0.147 e. The summed E-state index contributed by atoms with van der Waals surface area (Å²) in [7, 11) is -2.99. The van der Waals surface area contributed by atoms with E-state index in [2.05, 4.69) is 15.9 Å². The molecular formula is C11H15BrO3S. The van der Waals surface area contributed by atoms with E-state index in [9.17, 15) is 13.5 Å². The lowest BCUT2D eigenvalue weighted by atomic mass is 10.1. The molecule has 1 rings (SSSR count). The standard InChI is InChI=1S/C11H15BrO3S/c1-16(14,15)6-5-11(13)8-9-3-2-4-10(12)7-9/h2-4,7,11,13H,5-6,8H2,1H3. The van der Waals surface area contributed by atoms with Gasteiger partial charge in [0.1, 0.15) is 9.84 Å². The molecule has 0 spiro atoms. The van der Waals surface area contributed by atoms with Gasteiger partial charge < -0.3 is 5.11 Å². The van der Waals surface area contributed by atoms with Crippen molar-refractivity contribution in [1.82, 2.24) is 0 Å². The third kappa shape index (κ3) is 5.63.